The van der Waals surface area contributed by atoms with Gasteiger partial charge >= 0.3 is 0 Å². The lowest BCUT2D eigenvalue weighted by Gasteiger charge is -2.04. The lowest BCUT2D eigenvalue weighted by Crippen LogP contribution is -2.01. The molecule has 14 heavy (non-hydrogen) atoms. The van der Waals surface area contributed by atoms with Gasteiger partial charge in [0.25, 0.3) is 0 Å². The van der Waals surface area contributed by atoms with E-state index in [-0.39, 0.29) is 0 Å². The minimum atomic E-state index is 0.582. The van der Waals surface area contributed by atoms with Crippen molar-refractivity contribution in [2.75, 3.05) is 11.1 Å². The Kier molecular flexibility index (Phi) is 1.41. The molecule has 72 valence electrons. The number of nitrogen functional groups attached to an aromatic ring is 1. The van der Waals surface area contributed by atoms with Crippen LogP contribution in [0.2, 0.25) is 0 Å². The number of anilines is 2. The van der Waals surface area contributed by atoms with Crippen LogP contribution < -0.4 is 11.1 Å². The summed E-state index contributed by atoms with van der Waals surface area (Å²) in [4.78, 5) is 0. The quantitative estimate of drug-likeness (QED) is 0.699. The molecule has 1 saturated carbocycles. The Hall–Kier alpha value is -1.78. The maximum Gasteiger partial charge on any atom is 0.160 e. The number of nitrogens with zero attached hydrogens (tertiary/aromatic N) is 2. The lowest BCUT2D eigenvalue weighted by atomic mass is 10.2. The van der Waals surface area contributed by atoms with Gasteiger partial charge in [-0.1, -0.05) is 0 Å². The predicted molar refractivity (Wildman–Crippen MR) is 52.9 cm³/mol. The van der Waals surface area contributed by atoms with Gasteiger partial charge in [-0.05, 0) is 35.3 Å². The first-order chi connectivity index (χ1) is 6.84. The van der Waals surface area contributed by atoms with Crippen molar-refractivity contribution in [2.45, 2.75) is 18.9 Å². The molecule has 5 heteroatoms. The SMILES string of the molecule is Nc1ccc(NC2CC2)c2nonc12. The Bertz CT molecular complexity index is 475. The summed E-state index contributed by atoms with van der Waals surface area (Å²) in [7, 11) is 0. The summed E-state index contributed by atoms with van der Waals surface area (Å²) < 4.78 is 4.67. The third-order valence-corrected chi connectivity index (χ3v) is 2.38. The van der Waals surface area contributed by atoms with E-state index in [0.29, 0.717) is 17.2 Å². The molecule has 3 rings (SSSR count). The van der Waals surface area contributed by atoms with Crippen molar-refractivity contribution in [1.29, 1.82) is 0 Å². The van der Waals surface area contributed by atoms with Crippen molar-refractivity contribution < 1.29 is 4.63 Å². The summed E-state index contributed by atoms with van der Waals surface area (Å²) in [5, 5.41) is 10.9. The minimum Gasteiger partial charge on any atom is -0.397 e. The van der Waals surface area contributed by atoms with Gasteiger partial charge in [-0.2, -0.15) is 0 Å². The van der Waals surface area contributed by atoms with Crippen LogP contribution in [0.25, 0.3) is 11.0 Å². The largest absolute Gasteiger partial charge is 0.397 e. The van der Waals surface area contributed by atoms with Crippen LogP contribution in [0.1, 0.15) is 12.8 Å². The monoisotopic (exact) mass is 190 g/mol. The van der Waals surface area contributed by atoms with Crippen molar-refractivity contribution in [2.24, 2.45) is 0 Å². The Labute approximate surface area is 80.2 Å². The number of benzene rings is 1. The number of hydrogen-bond acceptors (Lipinski definition) is 5. The number of nitrogens with two attached hydrogens (primary N) is 1. The zero-order chi connectivity index (χ0) is 9.54. The highest BCUT2D eigenvalue weighted by Crippen LogP contribution is 2.30. The summed E-state index contributed by atoms with van der Waals surface area (Å²) in [5.74, 6) is 0. The fourth-order valence-electron chi connectivity index (χ4n) is 1.45. The number of aromatic nitrogens is 2. The molecule has 5 nitrogen and oxygen atoms in total. The molecule has 1 fully saturated rings. The van der Waals surface area contributed by atoms with E-state index in [4.69, 9.17) is 5.73 Å². The molecule has 1 aliphatic rings. The highest BCUT2D eigenvalue weighted by Gasteiger charge is 2.22. The third kappa shape index (κ3) is 1.09. The van der Waals surface area contributed by atoms with Crippen LogP contribution in [0.4, 0.5) is 11.4 Å². The summed E-state index contributed by atoms with van der Waals surface area (Å²) in [6.45, 7) is 0. The van der Waals surface area contributed by atoms with E-state index in [9.17, 15) is 0 Å². The molecule has 0 aliphatic heterocycles. The third-order valence-electron chi connectivity index (χ3n) is 2.38. The highest BCUT2D eigenvalue weighted by atomic mass is 16.6. The summed E-state index contributed by atoms with van der Waals surface area (Å²) >= 11 is 0. The molecule has 0 saturated heterocycles. The molecule has 0 unspecified atom stereocenters. The van der Waals surface area contributed by atoms with Gasteiger partial charge in [0.15, 0.2) is 11.0 Å². The van der Waals surface area contributed by atoms with Gasteiger partial charge in [0.1, 0.15) is 0 Å². The smallest absolute Gasteiger partial charge is 0.160 e. The van der Waals surface area contributed by atoms with Gasteiger partial charge < -0.3 is 11.1 Å². The second-order valence-electron chi connectivity index (χ2n) is 3.58. The second kappa shape index (κ2) is 2.60. The lowest BCUT2D eigenvalue weighted by molar-refractivity contribution is 0.316. The Morgan fingerprint density at radius 3 is 2.86 bits per heavy atom. The molecule has 1 aromatic heterocycles. The fraction of sp³-hybridized carbons (Fsp3) is 0.333. The minimum absolute atomic E-state index is 0.582. The van der Waals surface area contributed by atoms with Gasteiger partial charge in [-0.25, -0.2) is 4.63 Å². The number of rotatable bonds is 2. The van der Waals surface area contributed by atoms with Crippen LogP contribution >= 0.6 is 0 Å². The zero-order valence-corrected chi connectivity index (χ0v) is 7.53. The molecule has 1 aromatic carbocycles. The Morgan fingerprint density at radius 2 is 2.07 bits per heavy atom. The van der Waals surface area contributed by atoms with E-state index in [0.717, 1.165) is 11.2 Å². The average Bonchev–Trinajstić information content (AvgIpc) is 2.83. The molecule has 0 radical (unpaired) electrons. The predicted octanol–water partition coefficient (Wildman–Crippen LogP) is 1.38. The highest BCUT2D eigenvalue weighted by molar-refractivity contribution is 5.95. The fourth-order valence-corrected chi connectivity index (χ4v) is 1.45. The van der Waals surface area contributed by atoms with Crippen molar-refractivity contribution in [3.8, 4) is 0 Å². The molecule has 2 aromatic rings. The van der Waals surface area contributed by atoms with Crippen molar-refractivity contribution >= 4 is 22.4 Å². The molecule has 0 amide bonds. The van der Waals surface area contributed by atoms with Crippen molar-refractivity contribution in [3.63, 3.8) is 0 Å². The first-order valence-corrected chi connectivity index (χ1v) is 4.62. The standard InChI is InChI=1S/C9H10N4O/c10-6-3-4-7(11-5-1-2-5)9-8(6)12-14-13-9/h3-5,11H,1-2,10H2. The maximum atomic E-state index is 5.73. The van der Waals surface area contributed by atoms with Crippen LogP contribution in [-0.4, -0.2) is 16.4 Å². The topological polar surface area (TPSA) is 77.0 Å². The molecule has 0 bridgehead atoms. The Morgan fingerprint density at radius 1 is 1.29 bits per heavy atom. The van der Waals surface area contributed by atoms with Gasteiger partial charge in [0.05, 0.1) is 11.4 Å². The van der Waals surface area contributed by atoms with Crippen molar-refractivity contribution in [3.05, 3.63) is 12.1 Å². The van der Waals surface area contributed by atoms with Gasteiger partial charge in [0, 0.05) is 6.04 Å². The van der Waals surface area contributed by atoms with Crippen LogP contribution in [-0.2, 0) is 0 Å². The summed E-state index contributed by atoms with van der Waals surface area (Å²) in [6, 6.07) is 4.32. The van der Waals surface area contributed by atoms with E-state index in [1.807, 2.05) is 12.1 Å². The number of fused-ring (bicyclic) bond motifs is 1. The van der Waals surface area contributed by atoms with E-state index in [1.165, 1.54) is 12.8 Å². The molecule has 1 aliphatic carbocycles. The summed E-state index contributed by atoms with van der Waals surface area (Å²) in [5.41, 5.74) is 8.64. The first-order valence-electron chi connectivity index (χ1n) is 4.62. The molecular weight excluding hydrogens is 180 g/mol. The summed E-state index contributed by atoms with van der Waals surface area (Å²) in [6.07, 6.45) is 2.44. The number of hydrogen-bond donors (Lipinski definition) is 2. The van der Waals surface area contributed by atoms with E-state index in [2.05, 4.69) is 20.3 Å². The van der Waals surface area contributed by atoms with E-state index in [1.54, 1.807) is 0 Å². The molecule has 1 heterocycles. The second-order valence-corrected chi connectivity index (χ2v) is 3.58. The molecule has 3 N–H and O–H groups in total. The van der Waals surface area contributed by atoms with Gasteiger partial charge in [0.2, 0.25) is 0 Å². The van der Waals surface area contributed by atoms with Gasteiger partial charge in [-0.15, -0.1) is 0 Å². The van der Waals surface area contributed by atoms with E-state index >= 15 is 0 Å². The van der Waals surface area contributed by atoms with Crippen LogP contribution in [0.3, 0.4) is 0 Å². The van der Waals surface area contributed by atoms with Gasteiger partial charge in [-0.3, -0.25) is 0 Å². The maximum absolute atomic E-state index is 5.73. The van der Waals surface area contributed by atoms with E-state index < -0.39 is 0 Å². The van der Waals surface area contributed by atoms with Crippen molar-refractivity contribution in [1.82, 2.24) is 10.3 Å². The molecule has 0 spiro atoms. The zero-order valence-electron chi connectivity index (χ0n) is 7.53. The Balaban J connectivity index is 2.12. The molecule has 0 atom stereocenters. The van der Waals surface area contributed by atoms with Crippen LogP contribution in [0, 0.1) is 0 Å². The van der Waals surface area contributed by atoms with Crippen LogP contribution in [0.5, 0.6) is 0 Å². The number of nitrogens with one attached hydrogen (secondary N) is 1. The average molecular weight is 190 g/mol. The normalized spacial score (nSPS) is 16.0. The van der Waals surface area contributed by atoms with Crippen LogP contribution in [0.15, 0.2) is 16.8 Å². The first kappa shape index (κ1) is 7.61. The molecular formula is C9H10N4O.